The van der Waals surface area contributed by atoms with E-state index in [1.54, 1.807) is 0 Å². The summed E-state index contributed by atoms with van der Waals surface area (Å²) >= 11 is 0. The number of amides is 1. The molecule has 0 fully saturated rings. The Kier molecular flexibility index (Phi) is 6.24. The largest absolute Gasteiger partial charge is 0.491 e. The zero-order valence-corrected chi connectivity index (χ0v) is 14.8. The number of rotatable bonds is 7. The van der Waals surface area contributed by atoms with Gasteiger partial charge in [0.15, 0.2) is 0 Å². The summed E-state index contributed by atoms with van der Waals surface area (Å²) in [5.41, 5.74) is 2.98. The van der Waals surface area contributed by atoms with Crippen LogP contribution >= 0.6 is 0 Å². The van der Waals surface area contributed by atoms with Crippen LogP contribution in [0.4, 0.5) is 11.4 Å². The van der Waals surface area contributed by atoms with Gasteiger partial charge in [0.1, 0.15) is 5.75 Å². The molecule has 0 aliphatic heterocycles. The third-order valence-corrected chi connectivity index (χ3v) is 3.54. The molecule has 0 atom stereocenters. The summed E-state index contributed by atoms with van der Waals surface area (Å²) in [7, 11) is 0. The van der Waals surface area contributed by atoms with Gasteiger partial charge in [-0.1, -0.05) is 26.0 Å². The highest BCUT2D eigenvalue weighted by Gasteiger charge is 2.04. The minimum Gasteiger partial charge on any atom is -0.491 e. The number of anilines is 2. The monoisotopic (exact) mass is 326 g/mol. The Morgan fingerprint density at radius 1 is 0.917 bits per heavy atom. The van der Waals surface area contributed by atoms with E-state index in [1.807, 2.05) is 50.2 Å². The summed E-state index contributed by atoms with van der Waals surface area (Å²) in [4.78, 5) is 12.0. The second kappa shape index (κ2) is 8.39. The topological polar surface area (TPSA) is 50.4 Å². The van der Waals surface area contributed by atoms with Crippen molar-refractivity contribution in [3.05, 3.63) is 54.1 Å². The number of hydrogen-bond donors (Lipinski definition) is 2. The summed E-state index contributed by atoms with van der Waals surface area (Å²) in [6.45, 7) is 8.51. The van der Waals surface area contributed by atoms with Gasteiger partial charge in [-0.15, -0.1) is 0 Å². The van der Waals surface area contributed by atoms with Crippen molar-refractivity contribution in [2.75, 3.05) is 17.2 Å². The minimum atomic E-state index is -0.0829. The molecule has 0 saturated heterocycles. The van der Waals surface area contributed by atoms with E-state index in [4.69, 9.17) is 4.74 Å². The summed E-state index contributed by atoms with van der Waals surface area (Å²) in [5.74, 6) is 1.22. The first-order valence-electron chi connectivity index (χ1n) is 8.34. The normalized spacial score (nSPS) is 10.8. The van der Waals surface area contributed by atoms with Gasteiger partial charge in [-0.3, -0.25) is 4.79 Å². The van der Waals surface area contributed by atoms with E-state index in [-0.39, 0.29) is 18.6 Å². The summed E-state index contributed by atoms with van der Waals surface area (Å²) in [6, 6.07) is 15.6. The van der Waals surface area contributed by atoms with Crippen molar-refractivity contribution in [1.29, 1.82) is 0 Å². The highest BCUT2D eigenvalue weighted by atomic mass is 16.5. The predicted octanol–water partition coefficient (Wildman–Crippen LogP) is 4.65. The smallest absolute Gasteiger partial charge is 0.243 e. The number of ether oxygens (including phenoxy) is 1. The molecular formula is C20H26N2O2. The molecule has 2 N–H and O–H groups in total. The Labute approximate surface area is 144 Å². The molecule has 0 radical (unpaired) electrons. The van der Waals surface area contributed by atoms with Crippen molar-refractivity contribution in [1.82, 2.24) is 0 Å². The van der Waals surface area contributed by atoms with Crippen molar-refractivity contribution >= 4 is 17.3 Å². The van der Waals surface area contributed by atoms with Crippen molar-refractivity contribution in [2.45, 2.75) is 39.7 Å². The summed E-state index contributed by atoms with van der Waals surface area (Å²) < 4.78 is 5.58. The van der Waals surface area contributed by atoms with Crippen LogP contribution in [-0.4, -0.2) is 18.6 Å². The molecule has 0 saturated carbocycles. The van der Waals surface area contributed by atoms with Crippen LogP contribution in [0.1, 0.15) is 39.2 Å². The summed E-state index contributed by atoms with van der Waals surface area (Å²) in [5, 5.41) is 6.00. The lowest BCUT2D eigenvalue weighted by Crippen LogP contribution is -2.21. The molecule has 0 aromatic heterocycles. The first-order valence-corrected chi connectivity index (χ1v) is 8.34. The SMILES string of the molecule is CC(C)Oc1ccc(NC(=O)CNc2ccc(C(C)C)cc2)cc1. The van der Waals surface area contributed by atoms with E-state index < -0.39 is 0 Å². The van der Waals surface area contributed by atoms with E-state index in [1.165, 1.54) is 5.56 Å². The van der Waals surface area contributed by atoms with Crippen LogP contribution in [0.25, 0.3) is 0 Å². The molecule has 4 heteroatoms. The molecule has 2 aromatic rings. The molecule has 4 nitrogen and oxygen atoms in total. The first-order chi connectivity index (χ1) is 11.4. The van der Waals surface area contributed by atoms with Gasteiger partial charge < -0.3 is 15.4 Å². The fourth-order valence-electron chi connectivity index (χ4n) is 2.26. The van der Waals surface area contributed by atoms with Gasteiger partial charge in [-0.2, -0.15) is 0 Å². The standard InChI is InChI=1S/C20H26N2O2/c1-14(2)16-5-7-17(8-6-16)21-13-20(23)22-18-9-11-19(12-10-18)24-15(3)4/h5-12,14-15,21H,13H2,1-4H3,(H,22,23). The lowest BCUT2D eigenvalue weighted by Gasteiger charge is -2.11. The second-order valence-electron chi connectivity index (χ2n) is 6.37. The number of benzene rings is 2. The molecule has 0 bridgehead atoms. The zero-order chi connectivity index (χ0) is 17.5. The van der Waals surface area contributed by atoms with Gasteiger partial charge in [-0.05, 0) is 61.7 Å². The average molecular weight is 326 g/mol. The third kappa shape index (κ3) is 5.61. The van der Waals surface area contributed by atoms with Crippen LogP contribution in [0.3, 0.4) is 0 Å². The summed E-state index contributed by atoms with van der Waals surface area (Å²) in [6.07, 6.45) is 0.136. The molecule has 2 rings (SSSR count). The van der Waals surface area contributed by atoms with Crippen molar-refractivity contribution in [2.24, 2.45) is 0 Å². The first kappa shape index (κ1) is 17.9. The Balaban J connectivity index is 1.82. The molecule has 1 amide bonds. The Morgan fingerprint density at radius 2 is 1.50 bits per heavy atom. The van der Waals surface area contributed by atoms with Gasteiger partial charge in [-0.25, -0.2) is 0 Å². The lowest BCUT2D eigenvalue weighted by atomic mass is 10.0. The maximum Gasteiger partial charge on any atom is 0.243 e. The molecule has 0 heterocycles. The third-order valence-electron chi connectivity index (χ3n) is 3.54. The van der Waals surface area contributed by atoms with E-state index >= 15 is 0 Å². The van der Waals surface area contributed by atoms with E-state index in [9.17, 15) is 4.79 Å². The highest BCUT2D eigenvalue weighted by molar-refractivity contribution is 5.93. The van der Waals surface area contributed by atoms with Gasteiger partial charge in [0.05, 0.1) is 12.6 Å². The van der Waals surface area contributed by atoms with Crippen LogP contribution in [0.5, 0.6) is 5.75 Å². The molecule has 0 aliphatic rings. The Hall–Kier alpha value is -2.49. The molecule has 24 heavy (non-hydrogen) atoms. The van der Waals surface area contributed by atoms with E-state index in [0.717, 1.165) is 17.1 Å². The quantitative estimate of drug-likeness (QED) is 0.779. The van der Waals surface area contributed by atoms with Crippen molar-refractivity contribution in [3.63, 3.8) is 0 Å². The van der Waals surface area contributed by atoms with E-state index in [0.29, 0.717) is 5.92 Å². The van der Waals surface area contributed by atoms with Crippen LogP contribution in [0.15, 0.2) is 48.5 Å². The lowest BCUT2D eigenvalue weighted by molar-refractivity contribution is -0.114. The van der Waals surface area contributed by atoms with Crippen molar-refractivity contribution < 1.29 is 9.53 Å². The fraction of sp³-hybridized carbons (Fsp3) is 0.350. The number of carbonyl (C=O) groups is 1. The van der Waals surface area contributed by atoms with Gasteiger partial charge in [0.2, 0.25) is 5.91 Å². The average Bonchev–Trinajstić information content (AvgIpc) is 2.54. The molecule has 0 aliphatic carbocycles. The fourth-order valence-corrected chi connectivity index (χ4v) is 2.26. The number of hydrogen-bond acceptors (Lipinski definition) is 3. The van der Waals surface area contributed by atoms with Gasteiger partial charge in [0.25, 0.3) is 0 Å². The molecule has 0 spiro atoms. The highest BCUT2D eigenvalue weighted by Crippen LogP contribution is 2.18. The molecule has 128 valence electrons. The van der Waals surface area contributed by atoms with Gasteiger partial charge >= 0.3 is 0 Å². The van der Waals surface area contributed by atoms with Crippen LogP contribution in [-0.2, 0) is 4.79 Å². The maximum absolute atomic E-state index is 12.0. The Bertz CT molecular complexity index is 646. The number of carbonyl (C=O) groups excluding carboxylic acids is 1. The number of nitrogens with one attached hydrogen (secondary N) is 2. The Morgan fingerprint density at radius 3 is 2.04 bits per heavy atom. The minimum absolute atomic E-state index is 0.0829. The second-order valence-corrected chi connectivity index (χ2v) is 6.37. The zero-order valence-electron chi connectivity index (χ0n) is 14.8. The maximum atomic E-state index is 12.0. The van der Waals surface area contributed by atoms with Gasteiger partial charge in [0, 0.05) is 11.4 Å². The van der Waals surface area contributed by atoms with Crippen LogP contribution in [0, 0.1) is 0 Å². The predicted molar refractivity (Wildman–Crippen MR) is 99.9 cm³/mol. The van der Waals surface area contributed by atoms with Crippen molar-refractivity contribution in [3.8, 4) is 5.75 Å². The van der Waals surface area contributed by atoms with Crippen LogP contribution < -0.4 is 15.4 Å². The molecule has 0 unspecified atom stereocenters. The molecular weight excluding hydrogens is 300 g/mol. The van der Waals surface area contributed by atoms with Crippen LogP contribution in [0.2, 0.25) is 0 Å². The molecule has 2 aromatic carbocycles. The van der Waals surface area contributed by atoms with E-state index in [2.05, 4.69) is 36.6 Å².